The van der Waals surface area contributed by atoms with Gasteiger partial charge in [-0.2, -0.15) is 0 Å². The second-order valence-corrected chi connectivity index (χ2v) is 23.3. The highest BCUT2D eigenvalue weighted by Gasteiger charge is 2.27. The maximum absolute atomic E-state index is 5.31. The predicted octanol–water partition coefficient (Wildman–Crippen LogP) is 21.4. The lowest BCUT2D eigenvalue weighted by Gasteiger charge is -2.12. The van der Waals surface area contributed by atoms with Crippen molar-refractivity contribution in [2.24, 2.45) is 0 Å². The van der Waals surface area contributed by atoms with E-state index >= 15 is 0 Å². The first-order valence-electron chi connectivity index (χ1n) is 27.1. The van der Waals surface area contributed by atoms with Crippen LogP contribution in [0, 0.1) is 0 Å². The lowest BCUT2D eigenvalue weighted by Crippen LogP contribution is -2.03. The largest absolute Gasteiger partial charge is 0.276 e. The van der Waals surface area contributed by atoms with Crippen LogP contribution >= 0.6 is 38.6 Å². The highest BCUT2D eigenvalue weighted by Crippen LogP contribution is 2.51. The molecule has 0 saturated heterocycles. The van der Waals surface area contributed by atoms with Crippen molar-refractivity contribution >= 4 is 144 Å². The van der Waals surface area contributed by atoms with Crippen molar-refractivity contribution in [3.8, 4) is 39.6 Å². The Labute approximate surface area is 489 Å². The van der Waals surface area contributed by atoms with Crippen molar-refractivity contribution in [3.05, 3.63) is 271 Å². The summed E-state index contributed by atoms with van der Waals surface area (Å²) in [5, 5.41) is 15.4. The van der Waals surface area contributed by atoms with Gasteiger partial charge >= 0.3 is 0 Å². The second kappa shape index (κ2) is 20.3. The van der Waals surface area contributed by atoms with Crippen LogP contribution in [0.2, 0.25) is 0 Å². The number of thiophene rings is 2. The lowest BCUT2D eigenvalue weighted by molar-refractivity contribution is 1.02. The van der Waals surface area contributed by atoms with Crippen LogP contribution in [0.25, 0.3) is 145 Å². The molecule has 1 aliphatic rings. The molecule has 388 valence electrons. The van der Waals surface area contributed by atoms with Crippen LogP contribution in [0.3, 0.4) is 0 Å². The summed E-state index contributed by atoms with van der Waals surface area (Å²) >= 11 is 7.17. The topological polar surface area (TPSA) is 56.5 Å². The Hall–Kier alpha value is -9.44. The zero-order valence-electron chi connectivity index (χ0n) is 43.4. The molecule has 5 aromatic heterocycles. The van der Waals surface area contributed by atoms with Gasteiger partial charge < -0.3 is 0 Å². The van der Waals surface area contributed by atoms with Crippen molar-refractivity contribution in [2.75, 3.05) is 0 Å². The molecule has 0 radical (unpaired) electrons. The zero-order chi connectivity index (χ0) is 53.5. The second-order valence-electron chi connectivity index (χ2n) is 20.4. The fraction of sp³-hybridized carbons (Fsp3) is 0.0270. The molecule has 82 heavy (non-hydrogen) atoms. The third-order valence-corrected chi connectivity index (χ3v) is 18.7. The number of hydrogen-bond acceptors (Lipinski definition) is 6. The number of hydrogen-bond donors (Lipinski definition) is 0. The summed E-state index contributed by atoms with van der Waals surface area (Å²) in [6, 6.07) is 89.8. The van der Waals surface area contributed by atoms with Crippen molar-refractivity contribution in [2.45, 2.75) is 13.8 Å². The van der Waals surface area contributed by atoms with E-state index in [0.717, 1.165) is 56.3 Å². The molecule has 12 aromatic carbocycles. The van der Waals surface area contributed by atoms with Gasteiger partial charge in [0, 0.05) is 74.7 Å². The molecule has 8 heteroatoms. The number of rotatable bonds is 3. The molecule has 1 aliphatic carbocycles. The fourth-order valence-electron chi connectivity index (χ4n) is 12.5. The van der Waals surface area contributed by atoms with Gasteiger partial charge in [-0.15, -0.1) is 22.7 Å². The van der Waals surface area contributed by atoms with Gasteiger partial charge in [-0.3, -0.25) is 4.57 Å². The van der Waals surface area contributed by atoms with E-state index in [4.69, 9.17) is 9.97 Å². The third kappa shape index (κ3) is 8.00. The van der Waals surface area contributed by atoms with E-state index < -0.39 is 0 Å². The molecule has 0 N–H and O–H groups in total. The van der Waals surface area contributed by atoms with Gasteiger partial charge in [0.25, 0.3) is 0 Å². The maximum atomic E-state index is 5.31. The van der Waals surface area contributed by atoms with Crippen LogP contribution in [0.4, 0.5) is 0 Å². The summed E-state index contributed by atoms with van der Waals surface area (Å²) in [5.41, 5.74) is 14.1. The van der Waals surface area contributed by atoms with Crippen LogP contribution in [0.5, 0.6) is 0 Å². The van der Waals surface area contributed by atoms with E-state index in [1.54, 1.807) is 0 Å². The van der Waals surface area contributed by atoms with Crippen LogP contribution in [0.15, 0.2) is 260 Å². The molecule has 0 fully saturated rings. The Kier molecular flexibility index (Phi) is 12.3. The SMILES string of the molecule is Brc1nc(-c2ccccc2)c2ccccc2n1.C.c1ccc(-c2nc(-n3c4ccccc4c4c5ccccc5c5c6ccccc6sc5c43)nc3ccccc23)cc1.c1ccc2c(c1)Cc1c-2c2ccccc2c2c1sc1ccccc12. The number of halogens is 1. The molecule has 0 aliphatic heterocycles. The molecule has 0 saturated carbocycles. The maximum Gasteiger partial charge on any atom is 0.235 e. The van der Waals surface area contributed by atoms with Gasteiger partial charge in [-0.05, 0) is 90.1 Å². The van der Waals surface area contributed by atoms with Crippen molar-refractivity contribution in [3.63, 3.8) is 0 Å². The van der Waals surface area contributed by atoms with E-state index in [2.05, 4.69) is 237 Å². The monoisotopic (exact) mass is 1150 g/mol. The van der Waals surface area contributed by atoms with E-state index in [-0.39, 0.29) is 7.43 Å². The summed E-state index contributed by atoms with van der Waals surface area (Å²) in [5.74, 6) is 0.692. The summed E-state index contributed by atoms with van der Waals surface area (Å²) in [4.78, 5) is 19.4. The minimum Gasteiger partial charge on any atom is -0.276 e. The minimum atomic E-state index is 0. The molecule has 5 heterocycles. The van der Waals surface area contributed by atoms with Gasteiger partial charge in [0.15, 0.2) is 4.73 Å². The Morgan fingerprint density at radius 3 is 1.46 bits per heavy atom. The average Bonchev–Trinajstić information content (AvgIpc) is 4.25. The fourth-order valence-corrected chi connectivity index (χ4v) is 15.4. The first-order valence-corrected chi connectivity index (χ1v) is 29.5. The molecule has 17 aromatic rings. The number of para-hydroxylation sites is 3. The van der Waals surface area contributed by atoms with E-state index in [1.165, 1.54) is 100 Å². The standard InChI is InChI=1S/C36H21N3S.C23H14S.C14H9BrN2.CH4/c1-2-12-22(13-3-1)33-25-16-6-9-19-28(25)37-36(38-33)39-29-20-10-7-17-26(29)31-23-14-4-5-15-24(23)32-27-18-8-11-21-30(27)40-35(32)34(31)39;1-2-8-15-14(7-1)13-19-21(15)16-9-3-4-10-17(16)22-18-11-5-6-12-20(18)24-23(19)22;15-14-16-12-9-5-4-8-11(12)13(17-14)10-6-2-1-3-7-10;/h1-21H;1-12H,13H2;1-9H;1H4. The highest BCUT2D eigenvalue weighted by atomic mass is 79.9. The summed E-state index contributed by atoms with van der Waals surface area (Å²) in [6.45, 7) is 0. The number of nitrogens with zero attached hydrogens (tertiary/aromatic N) is 5. The first kappa shape index (κ1) is 49.6. The van der Waals surface area contributed by atoms with Crippen LogP contribution in [-0.4, -0.2) is 24.5 Å². The van der Waals surface area contributed by atoms with Gasteiger partial charge in [-0.1, -0.05) is 232 Å². The predicted molar refractivity (Wildman–Crippen MR) is 354 cm³/mol. The molecule has 5 nitrogen and oxygen atoms in total. The molecule has 0 bridgehead atoms. The van der Waals surface area contributed by atoms with Crippen LogP contribution in [0.1, 0.15) is 18.6 Å². The van der Waals surface area contributed by atoms with Crippen LogP contribution in [-0.2, 0) is 6.42 Å². The van der Waals surface area contributed by atoms with Crippen molar-refractivity contribution in [1.29, 1.82) is 0 Å². The minimum absolute atomic E-state index is 0. The number of aromatic nitrogens is 5. The van der Waals surface area contributed by atoms with Gasteiger partial charge in [0.05, 0.1) is 38.2 Å². The van der Waals surface area contributed by atoms with E-state index in [0.29, 0.717) is 10.7 Å². The normalized spacial score (nSPS) is 11.8. The Morgan fingerprint density at radius 1 is 0.366 bits per heavy atom. The molecule has 0 spiro atoms. The van der Waals surface area contributed by atoms with E-state index in [1.807, 2.05) is 71.2 Å². The third-order valence-electron chi connectivity index (χ3n) is 15.9. The Morgan fingerprint density at radius 2 is 0.817 bits per heavy atom. The average molecular weight is 1150 g/mol. The lowest BCUT2D eigenvalue weighted by atomic mass is 9.94. The Bertz CT molecular complexity index is 5360. The molecular formula is C74H48BrN5S2. The van der Waals surface area contributed by atoms with Crippen molar-refractivity contribution in [1.82, 2.24) is 24.5 Å². The highest BCUT2D eigenvalue weighted by molar-refractivity contribution is 9.10. The summed E-state index contributed by atoms with van der Waals surface area (Å²) < 4.78 is 8.34. The zero-order valence-corrected chi connectivity index (χ0v) is 46.6. The molecule has 18 rings (SSSR count). The van der Waals surface area contributed by atoms with Crippen molar-refractivity contribution < 1.29 is 0 Å². The smallest absolute Gasteiger partial charge is 0.235 e. The Balaban J connectivity index is 0.000000116. The van der Waals surface area contributed by atoms with Gasteiger partial charge in [0.1, 0.15) is 0 Å². The molecule has 0 unspecified atom stereocenters. The molecular weight excluding hydrogens is 1100 g/mol. The van der Waals surface area contributed by atoms with E-state index in [9.17, 15) is 0 Å². The number of fused-ring (bicyclic) bond motifs is 22. The molecule has 0 atom stereocenters. The van der Waals surface area contributed by atoms with Crippen LogP contribution < -0.4 is 0 Å². The number of benzene rings is 12. The van der Waals surface area contributed by atoms with Gasteiger partial charge in [0.2, 0.25) is 5.95 Å². The first-order chi connectivity index (χ1) is 40.1. The summed E-state index contributed by atoms with van der Waals surface area (Å²) in [6.07, 6.45) is 1.06. The summed E-state index contributed by atoms with van der Waals surface area (Å²) in [7, 11) is 0. The van der Waals surface area contributed by atoms with Gasteiger partial charge in [-0.25, -0.2) is 19.9 Å². The molecule has 0 amide bonds. The quantitative estimate of drug-likeness (QED) is 0.165.